The fraction of sp³-hybridized carbons (Fsp3) is 0.333. The van der Waals surface area contributed by atoms with Gasteiger partial charge in [-0.2, -0.15) is 0 Å². The summed E-state index contributed by atoms with van der Waals surface area (Å²) in [6.45, 7) is 5.10. The van der Waals surface area contributed by atoms with Crippen LogP contribution >= 0.6 is 0 Å². The molecule has 0 amide bonds. The average Bonchev–Trinajstić information content (AvgIpc) is 2.72. The molecule has 150 valence electrons. The maximum atomic E-state index is 12.1. The van der Waals surface area contributed by atoms with E-state index < -0.39 is 12.1 Å². The van der Waals surface area contributed by atoms with E-state index in [1.54, 1.807) is 6.20 Å². The molecule has 3 aromatic rings. The van der Waals surface area contributed by atoms with E-state index in [2.05, 4.69) is 11.1 Å². The predicted octanol–water partition coefficient (Wildman–Crippen LogP) is 5.03. The second-order valence-electron chi connectivity index (χ2n) is 7.83. The Bertz CT molecular complexity index is 1040. The summed E-state index contributed by atoms with van der Waals surface area (Å²) in [5.41, 5.74) is 4.37. The lowest BCUT2D eigenvalue weighted by Gasteiger charge is -2.22. The first-order valence-corrected chi connectivity index (χ1v) is 10.0. The van der Waals surface area contributed by atoms with Gasteiger partial charge in [-0.25, -0.2) is 4.79 Å². The SMILES string of the molecule is CC(C)CO[C@H](C(=O)O)c1cnc2ccccc2c1-c1ccc2c(c1)CCCO2. The zero-order chi connectivity index (χ0) is 20.4. The van der Waals surface area contributed by atoms with E-state index in [0.29, 0.717) is 12.2 Å². The van der Waals surface area contributed by atoms with Gasteiger partial charge in [-0.05, 0) is 53.6 Å². The van der Waals surface area contributed by atoms with E-state index in [9.17, 15) is 9.90 Å². The summed E-state index contributed by atoms with van der Waals surface area (Å²) in [5.74, 6) is 0.130. The van der Waals surface area contributed by atoms with E-state index in [1.165, 1.54) is 0 Å². The number of pyridine rings is 1. The van der Waals surface area contributed by atoms with Gasteiger partial charge in [-0.15, -0.1) is 0 Å². The molecule has 2 heterocycles. The smallest absolute Gasteiger partial charge is 0.337 e. The molecule has 2 aromatic carbocycles. The Hall–Kier alpha value is -2.92. The minimum Gasteiger partial charge on any atom is -0.493 e. The minimum absolute atomic E-state index is 0.231. The van der Waals surface area contributed by atoms with Gasteiger partial charge in [0.05, 0.1) is 18.7 Å². The van der Waals surface area contributed by atoms with Crippen molar-refractivity contribution < 1.29 is 19.4 Å². The van der Waals surface area contributed by atoms with Gasteiger partial charge in [-0.3, -0.25) is 4.98 Å². The number of hydrogen-bond donors (Lipinski definition) is 1. The molecule has 5 nitrogen and oxygen atoms in total. The zero-order valence-electron chi connectivity index (χ0n) is 16.7. The fourth-order valence-electron chi connectivity index (χ4n) is 3.78. The van der Waals surface area contributed by atoms with Crippen LogP contribution in [0.3, 0.4) is 0 Å². The van der Waals surface area contributed by atoms with Crippen LogP contribution in [0.5, 0.6) is 5.75 Å². The first-order valence-electron chi connectivity index (χ1n) is 10.0. The van der Waals surface area contributed by atoms with Gasteiger partial charge in [0.1, 0.15) is 5.75 Å². The van der Waals surface area contributed by atoms with Gasteiger partial charge in [-0.1, -0.05) is 38.1 Å². The third-order valence-corrected chi connectivity index (χ3v) is 5.10. The van der Waals surface area contributed by atoms with E-state index in [-0.39, 0.29) is 5.92 Å². The molecule has 0 aliphatic carbocycles. The highest BCUT2D eigenvalue weighted by Crippen LogP contribution is 2.38. The van der Waals surface area contributed by atoms with E-state index in [1.807, 2.05) is 50.2 Å². The Balaban J connectivity index is 1.90. The number of hydrogen-bond acceptors (Lipinski definition) is 4. The van der Waals surface area contributed by atoms with Crippen molar-refractivity contribution in [2.75, 3.05) is 13.2 Å². The Kier molecular flexibility index (Phi) is 5.49. The monoisotopic (exact) mass is 391 g/mol. The molecule has 0 saturated carbocycles. The van der Waals surface area contributed by atoms with Crippen molar-refractivity contribution >= 4 is 16.9 Å². The van der Waals surface area contributed by atoms with E-state index in [4.69, 9.17) is 9.47 Å². The molecule has 0 fully saturated rings. The quantitative estimate of drug-likeness (QED) is 0.639. The van der Waals surface area contributed by atoms with Gasteiger partial charge < -0.3 is 14.6 Å². The summed E-state index contributed by atoms with van der Waals surface area (Å²) in [4.78, 5) is 16.6. The van der Waals surface area contributed by atoms with Crippen LogP contribution in [0, 0.1) is 5.92 Å². The molecule has 1 aromatic heterocycles. The summed E-state index contributed by atoms with van der Waals surface area (Å²) in [7, 11) is 0. The summed E-state index contributed by atoms with van der Waals surface area (Å²) in [6.07, 6.45) is 2.51. The Morgan fingerprint density at radius 2 is 2.07 bits per heavy atom. The molecule has 0 unspecified atom stereocenters. The number of aliphatic carboxylic acids is 1. The van der Waals surface area contributed by atoms with Crippen molar-refractivity contribution in [1.82, 2.24) is 4.98 Å². The van der Waals surface area contributed by atoms with Crippen LogP contribution in [-0.2, 0) is 16.0 Å². The Labute approximate surface area is 170 Å². The second kappa shape index (κ2) is 8.21. The van der Waals surface area contributed by atoms with Crippen LogP contribution in [0.25, 0.3) is 22.0 Å². The van der Waals surface area contributed by atoms with Crippen molar-refractivity contribution in [2.24, 2.45) is 5.92 Å². The van der Waals surface area contributed by atoms with Gasteiger partial charge in [0.15, 0.2) is 6.10 Å². The van der Waals surface area contributed by atoms with Crippen LogP contribution in [0.15, 0.2) is 48.7 Å². The number of nitrogens with zero attached hydrogens (tertiary/aromatic N) is 1. The maximum absolute atomic E-state index is 12.1. The molecule has 1 aliphatic heterocycles. The molecule has 0 saturated heterocycles. The number of carbonyl (C=O) groups is 1. The third kappa shape index (κ3) is 3.96. The Morgan fingerprint density at radius 1 is 1.24 bits per heavy atom. The molecule has 0 bridgehead atoms. The minimum atomic E-state index is -1.07. The highest BCUT2D eigenvalue weighted by molar-refractivity contribution is 5.98. The van der Waals surface area contributed by atoms with Gasteiger partial charge in [0.25, 0.3) is 0 Å². The lowest BCUT2D eigenvalue weighted by molar-refractivity contribution is -0.151. The molecule has 4 rings (SSSR count). The highest BCUT2D eigenvalue weighted by Gasteiger charge is 2.27. The van der Waals surface area contributed by atoms with Crippen molar-refractivity contribution in [3.05, 3.63) is 59.8 Å². The van der Waals surface area contributed by atoms with Gasteiger partial charge >= 0.3 is 5.97 Å². The largest absolute Gasteiger partial charge is 0.493 e. The topological polar surface area (TPSA) is 68.7 Å². The fourth-order valence-corrected chi connectivity index (χ4v) is 3.78. The molecular formula is C24H25NO4. The molecule has 1 aliphatic rings. The molecule has 5 heteroatoms. The molecule has 29 heavy (non-hydrogen) atoms. The number of carboxylic acid groups (broad SMARTS) is 1. The number of para-hydroxylation sites is 1. The third-order valence-electron chi connectivity index (χ3n) is 5.10. The molecule has 1 atom stereocenters. The number of rotatable bonds is 6. The number of aryl methyl sites for hydroxylation is 1. The first kappa shape index (κ1) is 19.4. The van der Waals surface area contributed by atoms with Crippen LogP contribution in [0.2, 0.25) is 0 Å². The standard InChI is InChI=1S/C24H25NO4/c1-15(2)14-29-23(24(26)27)19-13-25-20-8-4-3-7-18(20)22(19)17-9-10-21-16(12-17)6-5-11-28-21/h3-4,7-10,12-13,15,23H,5-6,11,14H2,1-2H3,(H,26,27)/t23-/m0/s1. The molecule has 0 radical (unpaired) electrons. The summed E-state index contributed by atoms with van der Waals surface area (Å²) >= 11 is 0. The van der Waals surface area contributed by atoms with Crippen molar-refractivity contribution in [1.29, 1.82) is 0 Å². The highest BCUT2D eigenvalue weighted by atomic mass is 16.5. The summed E-state index contributed by atoms with van der Waals surface area (Å²) in [5, 5.41) is 10.8. The lowest BCUT2D eigenvalue weighted by Crippen LogP contribution is -2.19. The number of ether oxygens (including phenoxy) is 2. The van der Waals surface area contributed by atoms with Crippen molar-refractivity contribution in [3.63, 3.8) is 0 Å². The van der Waals surface area contributed by atoms with Crippen LogP contribution in [-0.4, -0.2) is 29.3 Å². The normalized spacial score (nSPS) is 14.4. The van der Waals surface area contributed by atoms with Crippen LogP contribution in [0.1, 0.15) is 37.5 Å². The molecule has 1 N–H and O–H groups in total. The van der Waals surface area contributed by atoms with Gasteiger partial charge in [0, 0.05) is 17.1 Å². The molecule has 0 spiro atoms. The second-order valence-corrected chi connectivity index (χ2v) is 7.83. The van der Waals surface area contributed by atoms with Crippen molar-refractivity contribution in [2.45, 2.75) is 32.8 Å². The van der Waals surface area contributed by atoms with E-state index in [0.717, 1.165) is 52.8 Å². The van der Waals surface area contributed by atoms with Crippen molar-refractivity contribution in [3.8, 4) is 16.9 Å². The predicted molar refractivity (Wildman–Crippen MR) is 112 cm³/mol. The van der Waals surface area contributed by atoms with E-state index >= 15 is 0 Å². The van der Waals surface area contributed by atoms with Crippen LogP contribution in [0.4, 0.5) is 0 Å². The summed E-state index contributed by atoms with van der Waals surface area (Å²) < 4.78 is 11.6. The number of aromatic nitrogens is 1. The molecular weight excluding hydrogens is 366 g/mol. The number of fused-ring (bicyclic) bond motifs is 2. The zero-order valence-corrected chi connectivity index (χ0v) is 16.7. The van der Waals surface area contributed by atoms with Crippen LogP contribution < -0.4 is 4.74 Å². The number of benzene rings is 2. The summed E-state index contributed by atoms with van der Waals surface area (Å²) in [6, 6.07) is 13.9. The first-order chi connectivity index (χ1) is 14.0. The van der Waals surface area contributed by atoms with Gasteiger partial charge in [0.2, 0.25) is 0 Å². The Morgan fingerprint density at radius 3 is 2.86 bits per heavy atom. The maximum Gasteiger partial charge on any atom is 0.337 e. The number of carboxylic acids is 1. The average molecular weight is 391 g/mol. The lowest BCUT2D eigenvalue weighted by atomic mass is 9.91.